The summed E-state index contributed by atoms with van der Waals surface area (Å²) < 4.78 is 1.57. The van der Waals surface area contributed by atoms with Gasteiger partial charge in [-0.3, -0.25) is 14.2 Å². The van der Waals surface area contributed by atoms with Gasteiger partial charge < -0.3 is 5.32 Å². The Bertz CT molecular complexity index is 1630. The zero-order valence-electron chi connectivity index (χ0n) is 19.9. The summed E-state index contributed by atoms with van der Waals surface area (Å²) in [6.07, 6.45) is 0. The van der Waals surface area contributed by atoms with Gasteiger partial charge in [-0.2, -0.15) is 0 Å². The molecule has 0 aliphatic heterocycles. The molecule has 5 nitrogen and oxygen atoms in total. The number of thioether (sulfide) groups is 1. The van der Waals surface area contributed by atoms with E-state index in [0.29, 0.717) is 26.8 Å². The molecular formula is C29H22ClN3O2S2. The lowest BCUT2D eigenvalue weighted by molar-refractivity contribution is -0.113. The van der Waals surface area contributed by atoms with E-state index in [1.165, 1.54) is 11.8 Å². The van der Waals surface area contributed by atoms with Gasteiger partial charge in [-0.15, -0.1) is 0 Å². The molecule has 1 aromatic heterocycles. The van der Waals surface area contributed by atoms with Crippen LogP contribution in [0.5, 0.6) is 0 Å². The van der Waals surface area contributed by atoms with E-state index in [4.69, 9.17) is 16.6 Å². The number of hydrogen-bond donors (Lipinski definition) is 1. The Morgan fingerprint density at radius 3 is 2.41 bits per heavy atom. The molecule has 0 spiro atoms. The van der Waals surface area contributed by atoms with Crippen LogP contribution in [0.1, 0.15) is 5.56 Å². The Morgan fingerprint density at radius 2 is 1.62 bits per heavy atom. The van der Waals surface area contributed by atoms with Crippen LogP contribution in [0.25, 0.3) is 16.6 Å². The van der Waals surface area contributed by atoms with E-state index in [1.807, 2.05) is 97.9 Å². The van der Waals surface area contributed by atoms with E-state index in [1.54, 1.807) is 22.4 Å². The van der Waals surface area contributed by atoms with Gasteiger partial charge in [0.15, 0.2) is 5.16 Å². The molecule has 1 heterocycles. The van der Waals surface area contributed by atoms with Crippen LogP contribution < -0.4 is 10.9 Å². The smallest absolute Gasteiger partial charge is 0.266 e. The Balaban J connectivity index is 1.38. The van der Waals surface area contributed by atoms with Crippen LogP contribution in [0, 0.1) is 6.92 Å². The second-order valence-corrected chi connectivity index (χ2v) is 10.8. The molecule has 0 saturated heterocycles. The molecule has 0 bridgehead atoms. The molecule has 0 saturated carbocycles. The number of fused-ring (bicyclic) bond motifs is 1. The number of anilines is 1. The minimum atomic E-state index is -0.188. The van der Waals surface area contributed by atoms with Crippen LogP contribution in [0.3, 0.4) is 0 Å². The third kappa shape index (κ3) is 5.91. The zero-order chi connectivity index (χ0) is 25.8. The SMILES string of the molecule is Cc1ccc(-n2c(SCC(=O)Nc3ccccc3Sc3ccc(Cl)cc3)nc3ccccc3c2=O)cc1. The van der Waals surface area contributed by atoms with Crippen molar-refractivity contribution in [1.82, 2.24) is 9.55 Å². The molecule has 0 atom stereocenters. The largest absolute Gasteiger partial charge is 0.324 e. The number of amides is 1. The van der Waals surface area contributed by atoms with Crippen molar-refractivity contribution in [3.8, 4) is 5.69 Å². The summed E-state index contributed by atoms with van der Waals surface area (Å²) in [5.41, 5.74) is 2.96. The number of aromatic nitrogens is 2. The predicted molar refractivity (Wildman–Crippen MR) is 153 cm³/mol. The van der Waals surface area contributed by atoms with E-state index >= 15 is 0 Å². The van der Waals surface area contributed by atoms with Crippen LogP contribution in [0.2, 0.25) is 5.02 Å². The monoisotopic (exact) mass is 543 g/mol. The highest BCUT2D eigenvalue weighted by Gasteiger charge is 2.16. The number of hydrogen-bond acceptors (Lipinski definition) is 5. The minimum absolute atomic E-state index is 0.0938. The summed E-state index contributed by atoms with van der Waals surface area (Å²) in [7, 11) is 0. The topological polar surface area (TPSA) is 64.0 Å². The third-order valence-corrected chi connectivity index (χ3v) is 7.85. The van der Waals surface area contributed by atoms with Crippen LogP contribution >= 0.6 is 35.1 Å². The lowest BCUT2D eigenvalue weighted by atomic mass is 10.2. The van der Waals surface area contributed by atoms with E-state index in [2.05, 4.69) is 5.32 Å². The first-order valence-corrected chi connectivity index (χ1v) is 13.7. The first-order chi connectivity index (χ1) is 18.0. The number of carbonyl (C=O) groups is 1. The van der Waals surface area contributed by atoms with Gasteiger partial charge in [0, 0.05) is 14.8 Å². The lowest BCUT2D eigenvalue weighted by Crippen LogP contribution is -2.23. The standard InChI is InChI=1S/C29H22ClN3O2S2/c1-19-10-14-21(15-11-19)33-28(35)23-6-2-3-7-24(23)32-29(33)36-18-27(34)31-25-8-4-5-9-26(25)37-22-16-12-20(30)13-17-22/h2-17H,18H2,1H3,(H,31,34). The average Bonchev–Trinajstić information content (AvgIpc) is 2.91. The molecule has 0 radical (unpaired) electrons. The highest BCUT2D eigenvalue weighted by atomic mass is 35.5. The molecule has 8 heteroatoms. The summed E-state index contributed by atoms with van der Waals surface area (Å²) in [5, 5.41) is 4.68. The molecule has 5 aromatic rings. The highest BCUT2D eigenvalue weighted by molar-refractivity contribution is 8.00. The van der Waals surface area contributed by atoms with Crippen molar-refractivity contribution in [3.05, 3.63) is 118 Å². The number of nitrogens with one attached hydrogen (secondary N) is 1. The Labute approximate surface area is 227 Å². The summed E-state index contributed by atoms with van der Waals surface area (Å²) in [4.78, 5) is 33.1. The van der Waals surface area contributed by atoms with Gasteiger partial charge >= 0.3 is 0 Å². The van der Waals surface area contributed by atoms with Gasteiger partial charge in [-0.1, -0.05) is 77.1 Å². The molecule has 0 aliphatic carbocycles. The van der Waals surface area contributed by atoms with Gasteiger partial charge in [0.2, 0.25) is 5.91 Å². The van der Waals surface area contributed by atoms with Crippen LogP contribution in [0.4, 0.5) is 5.69 Å². The van der Waals surface area contributed by atoms with E-state index in [0.717, 1.165) is 21.0 Å². The highest BCUT2D eigenvalue weighted by Crippen LogP contribution is 2.34. The fourth-order valence-electron chi connectivity index (χ4n) is 3.74. The fraction of sp³-hybridized carbons (Fsp3) is 0.0690. The summed E-state index contributed by atoms with van der Waals surface area (Å²) in [6.45, 7) is 1.99. The molecule has 1 N–H and O–H groups in total. The maximum absolute atomic E-state index is 13.4. The van der Waals surface area contributed by atoms with Crippen molar-refractivity contribution < 1.29 is 4.79 Å². The Hall–Kier alpha value is -3.52. The molecule has 0 unspecified atom stereocenters. The van der Waals surface area contributed by atoms with Crippen molar-refractivity contribution in [2.24, 2.45) is 0 Å². The maximum Gasteiger partial charge on any atom is 0.266 e. The second kappa shape index (κ2) is 11.3. The van der Waals surface area contributed by atoms with Gasteiger partial charge in [0.1, 0.15) is 0 Å². The van der Waals surface area contributed by atoms with Gasteiger partial charge in [0.25, 0.3) is 5.56 Å². The molecule has 4 aromatic carbocycles. The zero-order valence-corrected chi connectivity index (χ0v) is 22.2. The predicted octanol–water partition coefficient (Wildman–Crippen LogP) is 7.23. The van der Waals surface area contributed by atoms with Crippen molar-refractivity contribution in [3.63, 3.8) is 0 Å². The summed E-state index contributed by atoms with van der Waals surface area (Å²) in [6, 6.07) is 30.1. The van der Waals surface area contributed by atoms with Crippen LogP contribution in [-0.4, -0.2) is 21.2 Å². The van der Waals surface area contributed by atoms with Crippen molar-refractivity contribution in [2.45, 2.75) is 21.9 Å². The number of carbonyl (C=O) groups excluding carboxylic acids is 1. The summed E-state index contributed by atoms with van der Waals surface area (Å²) >= 11 is 8.78. The third-order valence-electron chi connectivity index (χ3n) is 5.57. The fourth-order valence-corrected chi connectivity index (χ4v) is 5.58. The number of nitrogens with zero attached hydrogens (tertiary/aromatic N) is 2. The second-order valence-electron chi connectivity index (χ2n) is 8.28. The van der Waals surface area contributed by atoms with Crippen molar-refractivity contribution in [2.75, 3.05) is 11.1 Å². The number of benzene rings is 4. The number of aryl methyl sites for hydroxylation is 1. The molecule has 5 rings (SSSR count). The normalized spacial score (nSPS) is 11.0. The molecule has 0 aliphatic rings. The Morgan fingerprint density at radius 1 is 0.919 bits per heavy atom. The molecule has 1 amide bonds. The first-order valence-electron chi connectivity index (χ1n) is 11.5. The molecule has 37 heavy (non-hydrogen) atoms. The molecule has 184 valence electrons. The van der Waals surface area contributed by atoms with E-state index in [-0.39, 0.29) is 17.2 Å². The van der Waals surface area contributed by atoms with Crippen molar-refractivity contribution >= 4 is 57.6 Å². The Kier molecular flexibility index (Phi) is 7.65. The number of para-hydroxylation sites is 2. The van der Waals surface area contributed by atoms with Gasteiger partial charge in [-0.25, -0.2) is 4.98 Å². The number of halogens is 1. The molecular weight excluding hydrogens is 522 g/mol. The van der Waals surface area contributed by atoms with Crippen LogP contribution in [-0.2, 0) is 4.79 Å². The summed E-state index contributed by atoms with van der Waals surface area (Å²) in [5.74, 6) is -0.0941. The quantitative estimate of drug-likeness (QED) is 0.173. The average molecular weight is 544 g/mol. The number of rotatable bonds is 7. The van der Waals surface area contributed by atoms with Gasteiger partial charge in [-0.05, 0) is 67.6 Å². The van der Waals surface area contributed by atoms with Crippen LogP contribution in [0.15, 0.2) is 117 Å². The van der Waals surface area contributed by atoms with Crippen molar-refractivity contribution in [1.29, 1.82) is 0 Å². The lowest BCUT2D eigenvalue weighted by Gasteiger charge is -2.14. The van der Waals surface area contributed by atoms with E-state index < -0.39 is 0 Å². The first kappa shape index (κ1) is 25.1. The van der Waals surface area contributed by atoms with Gasteiger partial charge in [0.05, 0.1) is 28.0 Å². The van der Waals surface area contributed by atoms with E-state index in [9.17, 15) is 9.59 Å². The maximum atomic E-state index is 13.4. The molecule has 0 fully saturated rings. The minimum Gasteiger partial charge on any atom is -0.324 e.